The van der Waals surface area contributed by atoms with Crippen LogP contribution in [0.25, 0.3) is 0 Å². The molecule has 3 N–H and O–H groups in total. The molecular weight excluding hydrogens is 298 g/mol. The number of hydrogen-bond acceptors (Lipinski definition) is 3. The van der Waals surface area contributed by atoms with Gasteiger partial charge in [0.2, 0.25) is 5.91 Å². The number of carbonyl (C=O) groups excluding carboxylic acids is 1. The molecule has 4 heteroatoms. The summed E-state index contributed by atoms with van der Waals surface area (Å²) < 4.78 is 0. The minimum Gasteiger partial charge on any atom is -0.349 e. The first kappa shape index (κ1) is 18.2. The van der Waals surface area contributed by atoms with Crippen molar-refractivity contribution in [1.82, 2.24) is 10.2 Å². The van der Waals surface area contributed by atoms with Crippen molar-refractivity contribution >= 4 is 5.91 Å². The molecule has 0 aromatic heterocycles. The molecule has 0 spiro atoms. The standard InChI is InChI=1S/C20H27N3O/c1-20(2,16-21)22-19(24)15-23(13-17-9-5-3-6-10-17)14-18-11-7-4-8-12-18/h3-12H,13-16,21H2,1-2H3,(H,22,24). The summed E-state index contributed by atoms with van der Waals surface area (Å²) in [6.07, 6.45) is 0. The lowest BCUT2D eigenvalue weighted by Crippen LogP contribution is -2.51. The van der Waals surface area contributed by atoms with E-state index in [4.69, 9.17) is 5.73 Å². The summed E-state index contributed by atoms with van der Waals surface area (Å²) in [5, 5.41) is 3.00. The number of amides is 1. The van der Waals surface area contributed by atoms with Crippen molar-refractivity contribution in [3.05, 3.63) is 71.8 Å². The Morgan fingerprint density at radius 3 is 1.83 bits per heavy atom. The number of nitrogens with two attached hydrogens (primary N) is 1. The van der Waals surface area contributed by atoms with E-state index in [1.807, 2.05) is 50.2 Å². The molecular formula is C20H27N3O. The van der Waals surface area contributed by atoms with Crippen molar-refractivity contribution in [1.29, 1.82) is 0 Å². The Kier molecular flexibility index (Phi) is 6.53. The fourth-order valence-electron chi connectivity index (χ4n) is 2.52. The van der Waals surface area contributed by atoms with Crippen molar-refractivity contribution in [2.75, 3.05) is 13.1 Å². The van der Waals surface area contributed by atoms with E-state index in [0.717, 1.165) is 13.1 Å². The third-order valence-electron chi connectivity index (χ3n) is 3.85. The molecule has 0 radical (unpaired) electrons. The molecule has 2 aromatic carbocycles. The number of hydrogen-bond donors (Lipinski definition) is 2. The highest BCUT2D eigenvalue weighted by atomic mass is 16.2. The summed E-state index contributed by atoms with van der Waals surface area (Å²) in [6.45, 7) is 6.08. The lowest BCUT2D eigenvalue weighted by atomic mass is 10.1. The van der Waals surface area contributed by atoms with E-state index < -0.39 is 0 Å². The second-order valence-electron chi connectivity index (χ2n) is 6.75. The molecule has 0 heterocycles. The van der Waals surface area contributed by atoms with E-state index in [2.05, 4.69) is 34.5 Å². The first-order chi connectivity index (χ1) is 11.5. The minimum atomic E-state index is -0.387. The van der Waals surface area contributed by atoms with Crippen molar-refractivity contribution in [3.63, 3.8) is 0 Å². The number of benzene rings is 2. The van der Waals surface area contributed by atoms with Gasteiger partial charge in [0.15, 0.2) is 0 Å². The number of carbonyl (C=O) groups is 1. The van der Waals surface area contributed by atoms with Gasteiger partial charge in [-0.3, -0.25) is 9.69 Å². The van der Waals surface area contributed by atoms with Crippen LogP contribution in [0.15, 0.2) is 60.7 Å². The Morgan fingerprint density at radius 2 is 1.42 bits per heavy atom. The summed E-state index contributed by atoms with van der Waals surface area (Å²) in [4.78, 5) is 14.5. The van der Waals surface area contributed by atoms with Crippen LogP contribution < -0.4 is 11.1 Å². The zero-order valence-corrected chi connectivity index (χ0v) is 14.5. The van der Waals surface area contributed by atoms with Crippen LogP contribution in [0.4, 0.5) is 0 Å². The van der Waals surface area contributed by atoms with Crippen LogP contribution in [-0.2, 0) is 17.9 Å². The highest BCUT2D eigenvalue weighted by molar-refractivity contribution is 5.78. The Hall–Kier alpha value is -2.17. The number of rotatable bonds is 8. The average Bonchev–Trinajstić information content (AvgIpc) is 2.56. The van der Waals surface area contributed by atoms with Crippen molar-refractivity contribution in [3.8, 4) is 0 Å². The number of nitrogens with one attached hydrogen (secondary N) is 1. The monoisotopic (exact) mass is 325 g/mol. The predicted octanol–water partition coefficient (Wildman–Crippen LogP) is 2.54. The van der Waals surface area contributed by atoms with Gasteiger partial charge in [-0.05, 0) is 25.0 Å². The van der Waals surface area contributed by atoms with Gasteiger partial charge in [0.1, 0.15) is 0 Å². The molecule has 0 saturated carbocycles. The van der Waals surface area contributed by atoms with Gasteiger partial charge in [0.25, 0.3) is 0 Å². The van der Waals surface area contributed by atoms with Gasteiger partial charge >= 0.3 is 0 Å². The molecule has 4 nitrogen and oxygen atoms in total. The van der Waals surface area contributed by atoms with Gasteiger partial charge in [0.05, 0.1) is 6.54 Å². The minimum absolute atomic E-state index is 0.00249. The molecule has 0 aliphatic carbocycles. The fraction of sp³-hybridized carbons (Fsp3) is 0.350. The smallest absolute Gasteiger partial charge is 0.234 e. The predicted molar refractivity (Wildman–Crippen MR) is 98.3 cm³/mol. The molecule has 2 rings (SSSR count). The topological polar surface area (TPSA) is 58.4 Å². The third-order valence-corrected chi connectivity index (χ3v) is 3.85. The zero-order chi connectivity index (χ0) is 17.4. The van der Waals surface area contributed by atoms with Crippen LogP contribution in [0.1, 0.15) is 25.0 Å². The fourth-order valence-corrected chi connectivity index (χ4v) is 2.52. The maximum atomic E-state index is 12.4. The molecule has 1 amide bonds. The normalized spacial score (nSPS) is 11.5. The maximum Gasteiger partial charge on any atom is 0.234 e. The highest BCUT2D eigenvalue weighted by Gasteiger charge is 2.20. The van der Waals surface area contributed by atoms with Gasteiger partial charge in [-0.25, -0.2) is 0 Å². The molecule has 0 saturated heterocycles. The van der Waals surface area contributed by atoms with Crippen molar-refractivity contribution in [2.45, 2.75) is 32.5 Å². The number of nitrogens with zero attached hydrogens (tertiary/aromatic N) is 1. The van der Waals surface area contributed by atoms with Crippen molar-refractivity contribution in [2.24, 2.45) is 5.73 Å². The van der Waals surface area contributed by atoms with E-state index in [-0.39, 0.29) is 11.4 Å². The summed E-state index contributed by atoms with van der Waals surface area (Å²) in [5.74, 6) is -0.00249. The highest BCUT2D eigenvalue weighted by Crippen LogP contribution is 2.10. The molecule has 128 valence electrons. The summed E-state index contributed by atoms with van der Waals surface area (Å²) >= 11 is 0. The van der Waals surface area contributed by atoms with Gasteiger partial charge in [0, 0.05) is 25.2 Å². The summed E-state index contributed by atoms with van der Waals surface area (Å²) in [5.41, 5.74) is 7.71. The Morgan fingerprint density at radius 1 is 0.958 bits per heavy atom. The molecule has 0 bridgehead atoms. The van der Waals surface area contributed by atoms with Gasteiger partial charge in [-0.15, -0.1) is 0 Å². The Labute approximate surface area is 144 Å². The van der Waals surface area contributed by atoms with Crippen molar-refractivity contribution < 1.29 is 4.79 Å². The molecule has 0 aliphatic heterocycles. The Bertz CT molecular complexity index is 584. The molecule has 0 atom stereocenters. The van der Waals surface area contributed by atoms with E-state index in [1.54, 1.807) is 0 Å². The van der Waals surface area contributed by atoms with E-state index >= 15 is 0 Å². The lowest BCUT2D eigenvalue weighted by Gasteiger charge is -2.27. The van der Waals surface area contributed by atoms with Crippen LogP contribution >= 0.6 is 0 Å². The Balaban J connectivity index is 2.06. The third kappa shape index (κ3) is 6.14. The molecule has 2 aromatic rings. The van der Waals surface area contributed by atoms with E-state index in [1.165, 1.54) is 11.1 Å². The quantitative estimate of drug-likeness (QED) is 0.784. The summed E-state index contributed by atoms with van der Waals surface area (Å²) in [7, 11) is 0. The lowest BCUT2D eigenvalue weighted by molar-refractivity contribution is -0.124. The van der Waals surface area contributed by atoms with Crippen LogP contribution in [0.3, 0.4) is 0 Å². The van der Waals surface area contributed by atoms with E-state index in [0.29, 0.717) is 13.1 Å². The first-order valence-corrected chi connectivity index (χ1v) is 8.30. The molecule has 0 aliphatic rings. The largest absolute Gasteiger partial charge is 0.349 e. The van der Waals surface area contributed by atoms with Gasteiger partial charge in [-0.2, -0.15) is 0 Å². The molecule has 0 unspecified atom stereocenters. The average molecular weight is 325 g/mol. The summed E-state index contributed by atoms with van der Waals surface area (Å²) in [6, 6.07) is 20.4. The SMILES string of the molecule is CC(C)(CN)NC(=O)CN(Cc1ccccc1)Cc1ccccc1. The molecule has 0 fully saturated rings. The van der Waals surface area contributed by atoms with Crippen LogP contribution in [-0.4, -0.2) is 29.4 Å². The van der Waals surface area contributed by atoms with Crippen LogP contribution in [0.5, 0.6) is 0 Å². The van der Waals surface area contributed by atoms with Gasteiger partial charge in [-0.1, -0.05) is 60.7 Å². The van der Waals surface area contributed by atoms with Crippen LogP contribution in [0, 0.1) is 0 Å². The van der Waals surface area contributed by atoms with E-state index in [9.17, 15) is 4.79 Å². The van der Waals surface area contributed by atoms with Gasteiger partial charge < -0.3 is 11.1 Å². The second-order valence-corrected chi connectivity index (χ2v) is 6.75. The zero-order valence-electron chi connectivity index (χ0n) is 14.5. The van der Waals surface area contributed by atoms with Crippen LogP contribution in [0.2, 0.25) is 0 Å². The second kappa shape index (κ2) is 8.62. The molecule has 24 heavy (non-hydrogen) atoms. The maximum absolute atomic E-state index is 12.4. The first-order valence-electron chi connectivity index (χ1n) is 8.30.